The molecular formula is C25H18N4O6SZn. The van der Waals surface area contributed by atoms with E-state index >= 15 is 0 Å². The standard InChI is InChI=1S/C23H18N4O2S.C2H2O4.Zn/c28-21-11-17-7-3-1-5-15(17)9-19(21)13-24-26-23(30)27-25-14-20-10-16-6-2-4-8-18(16)12-22(20)29;3-1(4)2(5)6;/h1-14,28-29H,(H2,26,27,30);(H,3,4)(H,5,6);/q;;+2/p-2/b24-13+,25-14+;;. The first-order valence-corrected chi connectivity index (χ1v) is 10.6. The fraction of sp³-hybridized carbons (Fsp3) is 0. The predicted octanol–water partition coefficient (Wildman–Crippen LogP) is 2.13. The Morgan fingerprint density at radius 3 is 1.35 bits per heavy atom. The summed E-state index contributed by atoms with van der Waals surface area (Å²) in [6.45, 7) is 0. The predicted molar refractivity (Wildman–Crippen MR) is 136 cm³/mol. The summed E-state index contributed by atoms with van der Waals surface area (Å²) in [6.07, 6.45) is 2.82. The Hall–Kier alpha value is -4.41. The van der Waals surface area contributed by atoms with Crippen LogP contribution in [0.25, 0.3) is 21.5 Å². The minimum Gasteiger partial charge on any atom is -0.872 e. The summed E-state index contributed by atoms with van der Waals surface area (Å²) in [7, 11) is 0. The Morgan fingerprint density at radius 1 is 0.703 bits per heavy atom. The van der Waals surface area contributed by atoms with E-state index in [4.69, 9.17) is 32.0 Å². The molecule has 10 nitrogen and oxygen atoms in total. The molecule has 0 radical (unpaired) electrons. The third kappa shape index (κ3) is 8.34. The van der Waals surface area contributed by atoms with Crippen LogP contribution in [0, 0.1) is 0 Å². The van der Waals surface area contributed by atoms with Crippen molar-refractivity contribution in [3.8, 4) is 11.5 Å². The smallest absolute Gasteiger partial charge is 0.872 e. The summed E-state index contributed by atoms with van der Waals surface area (Å²) in [5.74, 6) is -3.91. The number of benzene rings is 4. The maximum Gasteiger partial charge on any atom is 2.00 e. The van der Waals surface area contributed by atoms with Gasteiger partial charge in [-0.25, -0.2) is 9.59 Å². The van der Waals surface area contributed by atoms with Crippen LogP contribution in [0.5, 0.6) is 11.5 Å². The third-order valence-electron chi connectivity index (χ3n) is 4.68. The number of carboxylic acids is 2. The molecule has 0 saturated heterocycles. The molecular weight excluding hydrogens is 550 g/mol. The van der Waals surface area contributed by atoms with E-state index in [1.165, 1.54) is 12.4 Å². The molecule has 0 atom stereocenters. The minimum atomic E-state index is -1.82. The molecule has 4 aromatic carbocycles. The Balaban J connectivity index is 0.000000618. The van der Waals surface area contributed by atoms with Crippen molar-refractivity contribution in [3.05, 3.63) is 83.9 Å². The maximum absolute atomic E-state index is 12.1. The molecule has 0 unspecified atom stereocenters. The van der Waals surface area contributed by atoms with Gasteiger partial charge in [0, 0.05) is 0 Å². The average molecular weight is 568 g/mol. The molecule has 0 aliphatic rings. The van der Waals surface area contributed by atoms with Crippen LogP contribution in [-0.4, -0.2) is 39.7 Å². The van der Waals surface area contributed by atoms with Crippen LogP contribution in [-0.2, 0) is 29.1 Å². The molecule has 4 N–H and O–H groups in total. The van der Waals surface area contributed by atoms with Crippen molar-refractivity contribution in [2.24, 2.45) is 10.2 Å². The SMILES string of the molecule is O=C(O)C(=O)O.[O-]c1cc2ccccc2cc1/C=N/NC(=S)N/N=C/c1cc2ccccc2cc1[O-].[Zn+2]. The first-order chi connectivity index (χ1) is 17.2. The normalized spacial score (nSPS) is 10.5. The van der Waals surface area contributed by atoms with Gasteiger partial charge in [0.1, 0.15) is 0 Å². The van der Waals surface area contributed by atoms with Crippen LogP contribution in [0.2, 0.25) is 0 Å². The van der Waals surface area contributed by atoms with E-state index in [-0.39, 0.29) is 36.1 Å². The van der Waals surface area contributed by atoms with Crippen molar-refractivity contribution in [3.63, 3.8) is 0 Å². The van der Waals surface area contributed by atoms with Gasteiger partial charge in [-0.3, -0.25) is 10.9 Å². The molecule has 0 aliphatic carbocycles. The molecule has 0 aromatic heterocycles. The fourth-order valence-corrected chi connectivity index (χ4v) is 3.13. The van der Waals surface area contributed by atoms with Crippen LogP contribution in [0.4, 0.5) is 0 Å². The number of rotatable bonds is 4. The summed E-state index contributed by atoms with van der Waals surface area (Å²) < 4.78 is 0. The number of hydrazone groups is 2. The number of nitrogens with zero attached hydrogens (tertiary/aromatic N) is 2. The van der Waals surface area contributed by atoms with E-state index in [0.29, 0.717) is 11.1 Å². The maximum atomic E-state index is 12.1. The van der Waals surface area contributed by atoms with Crippen molar-refractivity contribution in [2.75, 3.05) is 0 Å². The van der Waals surface area contributed by atoms with Crippen molar-refractivity contribution in [2.45, 2.75) is 0 Å². The van der Waals surface area contributed by atoms with Crippen molar-refractivity contribution >= 4 is 63.2 Å². The van der Waals surface area contributed by atoms with Gasteiger partial charge in [-0.2, -0.15) is 10.2 Å². The second-order valence-corrected chi connectivity index (χ2v) is 7.56. The number of carboxylic acid groups (broad SMARTS) is 2. The second kappa shape index (κ2) is 13.6. The van der Waals surface area contributed by atoms with Gasteiger partial charge in [0.25, 0.3) is 0 Å². The van der Waals surface area contributed by atoms with Gasteiger partial charge in [0.2, 0.25) is 5.11 Å². The Morgan fingerprint density at radius 2 is 1.03 bits per heavy atom. The Bertz CT molecular complexity index is 1400. The van der Waals surface area contributed by atoms with E-state index < -0.39 is 11.9 Å². The molecule has 4 rings (SSSR count). The topological polar surface area (TPSA) is 170 Å². The van der Waals surface area contributed by atoms with Crippen LogP contribution in [0.3, 0.4) is 0 Å². The van der Waals surface area contributed by atoms with Gasteiger partial charge in [-0.05, 0) is 57.0 Å². The van der Waals surface area contributed by atoms with E-state index in [1.807, 2.05) is 48.5 Å². The van der Waals surface area contributed by atoms with E-state index in [9.17, 15) is 10.2 Å². The quantitative estimate of drug-likeness (QED) is 0.0948. The van der Waals surface area contributed by atoms with Crippen LogP contribution < -0.4 is 21.1 Å². The zero-order valence-corrected chi connectivity index (χ0v) is 22.9. The molecule has 0 fully saturated rings. The van der Waals surface area contributed by atoms with Crippen LogP contribution >= 0.6 is 12.2 Å². The van der Waals surface area contributed by atoms with Gasteiger partial charge in [0.05, 0.1) is 12.4 Å². The van der Waals surface area contributed by atoms with E-state index in [0.717, 1.165) is 21.5 Å². The van der Waals surface area contributed by atoms with Gasteiger partial charge in [-0.15, -0.1) is 0 Å². The minimum absolute atomic E-state index is 0. The molecule has 4 aromatic rings. The van der Waals surface area contributed by atoms with Gasteiger partial charge in [0.15, 0.2) is 0 Å². The molecule has 0 saturated carbocycles. The number of hydrogen-bond acceptors (Lipinski definition) is 7. The van der Waals surface area contributed by atoms with Gasteiger partial charge < -0.3 is 20.4 Å². The molecule has 0 amide bonds. The molecule has 182 valence electrons. The van der Waals surface area contributed by atoms with E-state index in [2.05, 4.69) is 21.1 Å². The summed E-state index contributed by atoms with van der Waals surface area (Å²) in [4.78, 5) is 18.2. The first kappa shape index (κ1) is 28.8. The van der Waals surface area contributed by atoms with Crippen LogP contribution in [0.1, 0.15) is 11.1 Å². The number of hydrogen-bond donors (Lipinski definition) is 4. The zero-order valence-electron chi connectivity index (χ0n) is 19.1. The van der Waals surface area contributed by atoms with Crippen molar-refractivity contribution < 1.29 is 49.5 Å². The van der Waals surface area contributed by atoms with Gasteiger partial charge >= 0.3 is 31.4 Å². The van der Waals surface area contributed by atoms with Crippen LogP contribution in [0.15, 0.2) is 83.0 Å². The summed E-state index contributed by atoms with van der Waals surface area (Å²) in [5.41, 5.74) is 6.08. The molecule has 0 aliphatic heterocycles. The number of fused-ring (bicyclic) bond motifs is 2. The second-order valence-electron chi connectivity index (χ2n) is 7.15. The molecule has 0 heterocycles. The molecule has 0 bridgehead atoms. The van der Waals surface area contributed by atoms with E-state index in [1.54, 1.807) is 24.3 Å². The summed E-state index contributed by atoms with van der Waals surface area (Å²) >= 11 is 5.10. The number of thiocarbonyl (C=S) groups is 1. The molecule has 0 spiro atoms. The third-order valence-corrected chi connectivity index (χ3v) is 4.86. The number of nitrogens with one attached hydrogen (secondary N) is 2. The monoisotopic (exact) mass is 566 g/mol. The average Bonchev–Trinajstić information content (AvgIpc) is 2.85. The largest absolute Gasteiger partial charge is 2.00 e. The Kier molecular flexibility index (Phi) is 10.6. The number of aliphatic carboxylic acids is 2. The fourth-order valence-electron chi connectivity index (χ4n) is 3.02. The Labute approximate surface area is 228 Å². The summed E-state index contributed by atoms with van der Waals surface area (Å²) in [5, 5.41) is 50.8. The van der Waals surface area contributed by atoms with Crippen molar-refractivity contribution in [1.29, 1.82) is 0 Å². The first-order valence-electron chi connectivity index (χ1n) is 10.2. The zero-order chi connectivity index (χ0) is 26.1. The molecule has 12 heteroatoms. The summed E-state index contributed by atoms with van der Waals surface area (Å²) in [6, 6.07) is 21.9. The van der Waals surface area contributed by atoms with Gasteiger partial charge in [-0.1, -0.05) is 72.2 Å². The number of carbonyl (C=O) groups is 2. The van der Waals surface area contributed by atoms with Crippen molar-refractivity contribution in [1.82, 2.24) is 10.9 Å². The molecule has 37 heavy (non-hydrogen) atoms.